The quantitative estimate of drug-likeness (QED) is 0.436. The highest BCUT2D eigenvalue weighted by atomic mass is 16.5. The Morgan fingerprint density at radius 3 is 2.41 bits per heavy atom. The Kier molecular flexibility index (Phi) is 9.16. The van der Waals surface area contributed by atoms with Crippen LogP contribution in [0.1, 0.15) is 51.0 Å². The van der Waals surface area contributed by atoms with Crippen LogP contribution in [0.3, 0.4) is 0 Å². The summed E-state index contributed by atoms with van der Waals surface area (Å²) in [5.41, 5.74) is 3.13. The zero-order valence-corrected chi connectivity index (χ0v) is 20.2. The predicted octanol–water partition coefficient (Wildman–Crippen LogP) is 5.31. The van der Waals surface area contributed by atoms with Gasteiger partial charge in [0, 0.05) is 31.5 Å². The molecule has 2 aromatic carbocycles. The van der Waals surface area contributed by atoms with Crippen molar-refractivity contribution in [3.05, 3.63) is 48.0 Å². The minimum atomic E-state index is -0.833. The number of carbonyl (C=O) groups is 2. The van der Waals surface area contributed by atoms with Gasteiger partial charge in [0.1, 0.15) is 5.75 Å². The molecule has 34 heavy (non-hydrogen) atoms. The summed E-state index contributed by atoms with van der Waals surface area (Å²) in [6, 6.07) is 13.0. The van der Waals surface area contributed by atoms with Gasteiger partial charge in [-0.3, -0.25) is 4.79 Å². The molecule has 1 heterocycles. The Hall–Kier alpha value is -3.26. The number of carboxylic acid groups (broad SMARTS) is 1. The van der Waals surface area contributed by atoms with Gasteiger partial charge in [-0.2, -0.15) is 0 Å². The molecule has 1 saturated heterocycles. The Labute approximate surface area is 201 Å². The molecule has 0 aliphatic carbocycles. The van der Waals surface area contributed by atoms with Crippen molar-refractivity contribution in [2.75, 3.05) is 42.4 Å². The van der Waals surface area contributed by atoms with Gasteiger partial charge in [0.05, 0.1) is 24.9 Å². The van der Waals surface area contributed by atoms with E-state index in [1.165, 1.54) is 0 Å². The third kappa shape index (κ3) is 6.63. The lowest BCUT2D eigenvalue weighted by atomic mass is 9.92. The first-order valence-electron chi connectivity index (χ1n) is 11.9. The molecule has 0 spiro atoms. The van der Waals surface area contributed by atoms with Crippen LogP contribution in [-0.4, -0.2) is 50.0 Å². The Morgan fingerprint density at radius 1 is 1.12 bits per heavy atom. The predicted molar refractivity (Wildman–Crippen MR) is 134 cm³/mol. The average Bonchev–Trinajstić information content (AvgIpc) is 2.85. The van der Waals surface area contributed by atoms with Crippen molar-refractivity contribution in [3.63, 3.8) is 0 Å². The van der Waals surface area contributed by atoms with Gasteiger partial charge < -0.3 is 30.1 Å². The van der Waals surface area contributed by atoms with Gasteiger partial charge in [-0.1, -0.05) is 13.0 Å². The number of hydrogen-bond acceptors (Lipinski definition) is 5. The van der Waals surface area contributed by atoms with E-state index in [2.05, 4.69) is 22.5 Å². The van der Waals surface area contributed by atoms with Gasteiger partial charge in [0.25, 0.3) is 0 Å². The minimum absolute atomic E-state index is 0.0464. The van der Waals surface area contributed by atoms with E-state index in [9.17, 15) is 14.7 Å². The second kappa shape index (κ2) is 12.3. The van der Waals surface area contributed by atoms with Crippen molar-refractivity contribution >= 4 is 29.1 Å². The van der Waals surface area contributed by atoms with E-state index in [0.717, 1.165) is 43.9 Å². The normalized spacial score (nSPS) is 14.8. The molecule has 3 N–H and O–H groups in total. The molecule has 8 nitrogen and oxygen atoms in total. The summed E-state index contributed by atoms with van der Waals surface area (Å²) in [7, 11) is 1.59. The molecule has 184 valence electrons. The van der Waals surface area contributed by atoms with Crippen molar-refractivity contribution in [2.45, 2.75) is 51.5 Å². The van der Waals surface area contributed by atoms with E-state index >= 15 is 0 Å². The number of nitrogens with one attached hydrogen (secondary N) is 2. The monoisotopic (exact) mass is 469 g/mol. The number of anilines is 3. The third-order valence-corrected chi connectivity index (χ3v) is 6.28. The SMILES string of the molecule is CC[C@@H](CC(=O)O)c1ccc(N(CC)C2CCOCC2)c(NC(=O)Nc2ccc(OC)cc2)c1. The number of hydrogen-bond donors (Lipinski definition) is 3. The van der Waals surface area contributed by atoms with E-state index in [1.807, 2.05) is 25.1 Å². The molecular weight excluding hydrogens is 434 g/mol. The number of nitrogens with zero attached hydrogens (tertiary/aromatic N) is 1. The number of amides is 2. The van der Waals surface area contributed by atoms with E-state index < -0.39 is 5.97 Å². The molecule has 2 aromatic rings. The highest BCUT2D eigenvalue weighted by Gasteiger charge is 2.24. The lowest BCUT2D eigenvalue weighted by Gasteiger charge is -2.36. The average molecular weight is 470 g/mol. The van der Waals surface area contributed by atoms with E-state index in [4.69, 9.17) is 9.47 Å². The van der Waals surface area contributed by atoms with Gasteiger partial charge in [0.2, 0.25) is 0 Å². The molecule has 0 bridgehead atoms. The number of methoxy groups -OCH3 is 1. The van der Waals surface area contributed by atoms with Crippen molar-refractivity contribution < 1.29 is 24.2 Å². The maximum Gasteiger partial charge on any atom is 0.323 e. The maximum absolute atomic E-state index is 12.9. The zero-order chi connectivity index (χ0) is 24.5. The number of carboxylic acids is 1. The molecule has 1 fully saturated rings. The van der Waals surface area contributed by atoms with Crippen molar-refractivity contribution in [3.8, 4) is 5.75 Å². The van der Waals surface area contributed by atoms with Gasteiger partial charge in [-0.15, -0.1) is 0 Å². The number of urea groups is 1. The second-order valence-electron chi connectivity index (χ2n) is 8.42. The second-order valence-corrected chi connectivity index (χ2v) is 8.42. The fourth-order valence-electron chi connectivity index (χ4n) is 4.45. The summed E-state index contributed by atoms with van der Waals surface area (Å²) >= 11 is 0. The van der Waals surface area contributed by atoms with E-state index in [0.29, 0.717) is 29.6 Å². The number of benzene rings is 2. The molecule has 3 rings (SSSR count). The van der Waals surface area contributed by atoms with E-state index in [-0.39, 0.29) is 18.4 Å². The Bertz CT molecular complexity index is 957. The first kappa shape index (κ1) is 25.4. The molecule has 1 aliphatic rings. The lowest BCUT2D eigenvalue weighted by Crippen LogP contribution is -2.40. The topological polar surface area (TPSA) is 100 Å². The molecule has 2 amide bonds. The van der Waals surface area contributed by atoms with Gasteiger partial charge in [0.15, 0.2) is 0 Å². The molecule has 1 atom stereocenters. The van der Waals surface area contributed by atoms with E-state index in [1.54, 1.807) is 31.4 Å². The standard InChI is InChI=1S/C26H35N3O5/c1-4-18(17-25(30)31)19-6-11-24(29(5-2)21-12-14-34-15-13-21)23(16-19)28-26(32)27-20-7-9-22(33-3)10-8-20/h6-11,16,18,21H,4-5,12-15,17H2,1-3H3,(H,30,31)(H2,27,28,32)/t18-/m0/s1. The maximum atomic E-state index is 12.9. The minimum Gasteiger partial charge on any atom is -0.497 e. The first-order valence-corrected chi connectivity index (χ1v) is 11.9. The molecular formula is C26H35N3O5. The molecule has 0 saturated carbocycles. The molecule has 8 heteroatoms. The summed E-state index contributed by atoms with van der Waals surface area (Å²) in [5, 5.41) is 15.2. The fourth-order valence-corrected chi connectivity index (χ4v) is 4.45. The van der Waals surface area contributed by atoms with Crippen LogP contribution in [0.4, 0.5) is 21.9 Å². The van der Waals surface area contributed by atoms with Crippen LogP contribution in [0.15, 0.2) is 42.5 Å². The highest BCUT2D eigenvalue weighted by Crippen LogP contribution is 2.35. The number of aliphatic carboxylic acids is 1. The molecule has 0 radical (unpaired) electrons. The van der Waals surface area contributed by atoms with Crippen LogP contribution in [0, 0.1) is 0 Å². The summed E-state index contributed by atoms with van der Waals surface area (Å²) in [6.45, 7) is 6.30. The van der Waals surface area contributed by atoms with Gasteiger partial charge in [-0.05, 0) is 74.1 Å². The Morgan fingerprint density at radius 2 is 1.82 bits per heavy atom. The molecule has 0 unspecified atom stereocenters. The summed E-state index contributed by atoms with van der Waals surface area (Å²) in [4.78, 5) is 26.6. The van der Waals surface area contributed by atoms with Crippen LogP contribution in [0.5, 0.6) is 5.75 Å². The summed E-state index contributed by atoms with van der Waals surface area (Å²) < 4.78 is 10.7. The van der Waals surface area contributed by atoms with Crippen LogP contribution in [0.2, 0.25) is 0 Å². The summed E-state index contributed by atoms with van der Waals surface area (Å²) in [6.07, 6.45) is 2.58. The van der Waals surface area contributed by atoms with Crippen LogP contribution >= 0.6 is 0 Å². The highest BCUT2D eigenvalue weighted by molar-refractivity contribution is 6.02. The zero-order valence-electron chi connectivity index (χ0n) is 20.2. The first-order chi connectivity index (χ1) is 16.4. The largest absolute Gasteiger partial charge is 0.497 e. The van der Waals surface area contributed by atoms with Gasteiger partial charge >= 0.3 is 12.0 Å². The number of rotatable bonds is 10. The number of carbonyl (C=O) groups excluding carboxylic acids is 1. The van der Waals surface area contributed by atoms with Crippen molar-refractivity contribution in [1.29, 1.82) is 0 Å². The molecule has 1 aliphatic heterocycles. The van der Waals surface area contributed by atoms with Crippen LogP contribution in [0.25, 0.3) is 0 Å². The fraction of sp³-hybridized carbons (Fsp3) is 0.462. The van der Waals surface area contributed by atoms with Crippen LogP contribution < -0.4 is 20.3 Å². The molecule has 0 aromatic heterocycles. The van der Waals surface area contributed by atoms with Crippen LogP contribution in [-0.2, 0) is 9.53 Å². The Balaban J connectivity index is 1.89. The van der Waals surface area contributed by atoms with Gasteiger partial charge in [-0.25, -0.2) is 4.79 Å². The van der Waals surface area contributed by atoms with Crippen molar-refractivity contribution in [2.24, 2.45) is 0 Å². The lowest BCUT2D eigenvalue weighted by molar-refractivity contribution is -0.137. The smallest absolute Gasteiger partial charge is 0.323 e. The summed E-state index contributed by atoms with van der Waals surface area (Å²) in [5.74, 6) is -0.255. The number of ether oxygens (including phenoxy) is 2. The third-order valence-electron chi connectivity index (χ3n) is 6.28. The van der Waals surface area contributed by atoms with Crippen molar-refractivity contribution in [1.82, 2.24) is 0 Å².